The molecular weight excluding hydrogens is 434 g/mol. The lowest BCUT2D eigenvalue weighted by atomic mass is 10.0. The number of aliphatic carboxylic acids is 1. The Bertz CT molecular complexity index is 1000. The minimum Gasteiger partial charge on any atom is -0.477 e. The zero-order valence-corrected chi connectivity index (χ0v) is 17.4. The largest absolute Gasteiger partial charge is 0.477 e. The Hall–Kier alpha value is -3.42. The van der Waals surface area contributed by atoms with Crippen molar-refractivity contribution in [2.75, 3.05) is 12.4 Å². The average Bonchev–Trinajstić information content (AvgIpc) is 3.08. The van der Waals surface area contributed by atoms with E-state index in [2.05, 4.69) is 10.4 Å². The summed E-state index contributed by atoms with van der Waals surface area (Å²) in [4.78, 5) is 58.7. The van der Waals surface area contributed by atoms with Gasteiger partial charge in [-0.25, -0.2) is 4.79 Å². The van der Waals surface area contributed by atoms with Gasteiger partial charge in [0.05, 0.1) is 23.4 Å². The molecular formula is C17H19N5O8S. The Morgan fingerprint density at radius 3 is 2.74 bits per heavy atom. The number of ether oxygens (including phenoxy) is 1. The summed E-state index contributed by atoms with van der Waals surface area (Å²) in [6, 6.07) is 0.395. The number of hydrogen-bond donors (Lipinski definition) is 2. The van der Waals surface area contributed by atoms with Crippen LogP contribution in [0.4, 0.5) is 5.82 Å². The molecule has 0 radical (unpaired) electrons. The molecule has 3 rings (SSSR count). The van der Waals surface area contributed by atoms with Crippen LogP contribution in [0.25, 0.3) is 0 Å². The van der Waals surface area contributed by atoms with Gasteiger partial charge in [0.15, 0.2) is 0 Å². The SMILES string of the molecule is CC(=O)OCC1=C(C(=O)O)N2C(=O)[C@H](NC(=O)CCn3nc([N+](=O)[O-])cc3C)[C@@H]2SC1. The van der Waals surface area contributed by atoms with Gasteiger partial charge in [0.25, 0.3) is 5.91 Å². The fourth-order valence-electron chi connectivity index (χ4n) is 3.24. The Morgan fingerprint density at radius 2 is 2.16 bits per heavy atom. The monoisotopic (exact) mass is 453 g/mol. The summed E-state index contributed by atoms with van der Waals surface area (Å²) in [5.74, 6) is -3.02. The van der Waals surface area contributed by atoms with Gasteiger partial charge in [0.2, 0.25) is 5.91 Å². The highest BCUT2D eigenvalue weighted by molar-refractivity contribution is 8.00. The van der Waals surface area contributed by atoms with Gasteiger partial charge in [0.1, 0.15) is 23.7 Å². The van der Waals surface area contributed by atoms with Crippen LogP contribution in [0.3, 0.4) is 0 Å². The highest BCUT2D eigenvalue weighted by Crippen LogP contribution is 2.40. The number of nitro groups is 1. The smallest absolute Gasteiger partial charge is 0.390 e. The molecule has 1 aromatic heterocycles. The number of carbonyl (C=O) groups is 4. The average molecular weight is 453 g/mol. The number of nitrogens with zero attached hydrogens (tertiary/aromatic N) is 4. The van der Waals surface area contributed by atoms with Crippen LogP contribution in [0.5, 0.6) is 0 Å². The van der Waals surface area contributed by atoms with Gasteiger partial charge in [-0.05, 0) is 11.8 Å². The lowest BCUT2D eigenvalue weighted by Crippen LogP contribution is -2.70. The molecule has 1 fully saturated rings. The standard InChI is InChI=1S/C17H19N5O8S/c1-8-5-11(22(28)29)19-20(8)4-3-12(24)18-13-15(25)21-14(17(26)27)10(6-30-9(2)23)7-31-16(13)21/h5,13,16H,3-4,6-7H2,1-2H3,(H,18,24)(H,26,27)/t13-,16-/m0/s1. The van der Waals surface area contributed by atoms with Crippen LogP contribution in [-0.4, -0.2) is 72.2 Å². The van der Waals surface area contributed by atoms with Crippen LogP contribution in [0.2, 0.25) is 0 Å². The van der Waals surface area contributed by atoms with E-state index in [1.165, 1.54) is 29.4 Å². The number of hydrogen-bond acceptors (Lipinski definition) is 9. The molecule has 2 N–H and O–H groups in total. The minimum atomic E-state index is -1.32. The predicted octanol–water partition coefficient (Wildman–Crippen LogP) is -0.208. The first kappa shape index (κ1) is 22.3. The Morgan fingerprint density at radius 1 is 1.45 bits per heavy atom. The van der Waals surface area contributed by atoms with Gasteiger partial charge in [0, 0.05) is 24.7 Å². The molecule has 166 valence electrons. The van der Waals surface area contributed by atoms with Crippen molar-refractivity contribution in [3.63, 3.8) is 0 Å². The van der Waals surface area contributed by atoms with Gasteiger partial charge in [-0.1, -0.05) is 0 Å². The van der Waals surface area contributed by atoms with Crippen molar-refractivity contribution in [2.24, 2.45) is 0 Å². The number of aryl methyl sites for hydroxylation is 2. The number of fused-ring (bicyclic) bond motifs is 1. The fourth-order valence-corrected chi connectivity index (χ4v) is 4.57. The number of β-lactam (4-membered cyclic amide) rings is 1. The molecule has 2 amide bonds. The third kappa shape index (κ3) is 4.52. The van der Waals surface area contributed by atoms with Gasteiger partial charge < -0.3 is 25.3 Å². The van der Waals surface area contributed by atoms with Crippen molar-refractivity contribution in [3.8, 4) is 0 Å². The van der Waals surface area contributed by atoms with Crippen LogP contribution in [-0.2, 0) is 30.5 Å². The van der Waals surface area contributed by atoms with E-state index in [4.69, 9.17) is 4.74 Å². The topological polar surface area (TPSA) is 174 Å². The predicted molar refractivity (Wildman–Crippen MR) is 105 cm³/mol. The van der Waals surface area contributed by atoms with E-state index < -0.39 is 40.1 Å². The number of aromatic nitrogens is 2. The summed E-state index contributed by atoms with van der Waals surface area (Å²) in [5.41, 5.74) is 0.586. The second kappa shape index (κ2) is 8.75. The molecule has 14 heteroatoms. The molecule has 0 saturated carbocycles. The van der Waals surface area contributed by atoms with Crippen molar-refractivity contribution in [1.29, 1.82) is 0 Å². The lowest BCUT2D eigenvalue weighted by Gasteiger charge is -2.49. The molecule has 2 atom stereocenters. The summed E-state index contributed by atoms with van der Waals surface area (Å²) in [6.45, 7) is 2.67. The van der Waals surface area contributed by atoms with Crippen LogP contribution in [0, 0.1) is 17.0 Å². The van der Waals surface area contributed by atoms with E-state index >= 15 is 0 Å². The number of carboxylic acids is 1. The van der Waals surface area contributed by atoms with Crippen molar-refractivity contribution < 1.29 is 33.9 Å². The molecule has 0 aliphatic carbocycles. The molecule has 0 unspecified atom stereocenters. The first-order valence-electron chi connectivity index (χ1n) is 9.11. The van der Waals surface area contributed by atoms with E-state index in [0.717, 1.165) is 4.90 Å². The van der Waals surface area contributed by atoms with E-state index in [1.54, 1.807) is 6.92 Å². The summed E-state index contributed by atoms with van der Waals surface area (Å²) in [5, 5.41) is 26.1. The zero-order valence-electron chi connectivity index (χ0n) is 16.6. The van der Waals surface area contributed by atoms with Gasteiger partial charge >= 0.3 is 17.8 Å². The number of thioether (sulfide) groups is 1. The van der Waals surface area contributed by atoms with Crippen LogP contribution in [0.1, 0.15) is 19.0 Å². The summed E-state index contributed by atoms with van der Waals surface area (Å²) in [7, 11) is 0. The third-order valence-corrected chi connectivity index (χ3v) is 6.06. The quantitative estimate of drug-likeness (QED) is 0.232. The molecule has 2 aliphatic heterocycles. The molecule has 0 bridgehead atoms. The highest BCUT2D eigenvalue weighted by Gasteiger charge is 2.54. The van der Waals surface area contributed by atoms with Gasteiger partial charge in [-0.15, -0.1) is 11.8 Å². The first-order chi connectivity index (χ1) is 14.6. The number of carboxylic acid groups (broad SMARTS) is 1. The van der Waals surface area contributed by atoms with Crippen molar-refractivity contribution in [3.05, 3.63) is 33.1 Å². The molecule has 1 saturated heterocycles. The Kier molecular flexibility index (Phi) is 6.29. The molecule has 2 aliphatic rings. The molecule has 3 heterocycles. The van der Waals surface area contributed by atoms with E-state index in [0.29, 0.717) is 11.3 Å². The Labute approximate surface area is 179 Å². The maximum atomic E-state index is 12.5. The zero-order chi connectivity index (χ0) is 22.9. The molecule has 31 heavy (non-hydrogen) atoms. The van der Waals surface area contributed by atoms with E-state index in [1.807, 2.05) is 0 Å². The summed E-state index contributed by atoms with van der Waals surface area (Å²) in [6.07, 6.45) is -0.0693. The van der Waals surface area contributed by atoms with Crippen LogP contribution in [0.15, 0.2) is 17.3 Å². The second-order valence-corrected chi connectivity index (χ2v) is 7.97. The van der Waals surface area contributed by atoms with Gasteiger partial charge in [-0.3, -0.25) is 19.3 Å². The maximum Gasteiger partial charge on any atom is 0.390 e. The number of rotatable bonds is 8. The third-order valence-electron chi connectivity index (χ3n) is 4.72. The van der Waals surface area contributed by atoms with Crippen molar-refractivity contribution in [2.45, 2.75) is 38.2 Å². The second-order valence-electron chi connectivity index (χ2n) is 6.87. The number of nitrogens with one attached hydrogen (secondary N) is 1. The molecule has 0 spiro atoms. The summed E-state index contributed by atoms with van der Waals surface area (Å²) < 4.78 is 6.19. The van der Waals surface area contributed by atoms with Gasteiger partial charge in [-0.2, -0.15) is 4.68 Å². The summed E-state index contributed by atoms with van der Waals surface area (Å²) >= 11 is 1.26. The van der Waals surface area contributed by atoms with E-state index in [9.17, 15) is 34.4 Å². The molecule has 13 nitrogen and oxygen atoms in total. The van der Waals surface area contributed by atoms with Crippen LogP contribution < -0.4 is 5.32 Å². The Balaban J connectivity index is 1.62. The molecule has 0 aromatic carbocycles. The minimum absolute atomic E-state index is 0.0693. The number of amides is 2. The number of esters is 1. The van der Waals surface area contributed by atoms with Crippen LogP contribution >= 0.6 is 11.8 Å². The normalized spacial score (nSPS) is 20.1. The number of carbonyl (C=O) groups excluding carboxylic acids is 3. The van der Waals surface area contributed by atoms with E-state index in [-0.39, 0.29) is 36.8 Å². The maximum absolute atomic E-state index is 12.5. The first-order valence-corrected chi connectivity index (χ1v) is 10.2. The highest BCUT2D eigenvalue weighted by atomic mass is 32.2. The fraction of sp³-hybridized carbons (Fsp3) is 0.471. The van der Waals surface area contributed by atoms with Crippen molar-refractivity contribution >= 4 is 41.3 Å². The molecule has 1 aromatic rings. The van der Waals surface area contributed by atoms with Crippen molar-refractivity contribution in [1.82, 2.24) is 20.0 Å². The lowest BCUT2D eigenvalue weighted by molar-refractivity contribution is -0.389.